The van der Waals surface area contributed by atoms with Gasteiger partial charge in [0.15, 0.2) is 0 Å². The Morgan fingerprint density at radius 2 is 1.86 bits per heavy atom. The van der Waals surface area contributed by atoms with E-state index in [9.17, 15) is 4.79 Å². The first kappa shape index (κ1) is 17.3. The summed E-state index contributed by atoms with van der Waals surface area (Å²) in [5, 5.41) is 0. The zero-order valence-electron chi connectivity index (χ0n) is 13.1. The van der Waals surface area contributed by atoms with Crippen molar-refractivity contribution in [2.24, 2.45) is 17.6 Å². The van der Waals surface area contributed by atoms with Crippen molar-refractivity contribution in [2.75, 3.05) is 6.54 Å². The van der Waals surface area contributed by atoms with Crippen LogP contribution in [0.2, 0.25) is 0 Å². The SMILES string of the molecule is Cl.NC1CCC(C(=O)N(Cc2ccccc2)CC2CCC2)C1. The summed E-state index contributed by atoms with van der Waals surface area (Å²) in [6, 6.07) is 10.6. The van der Waals surface area contributed by atoms with Gasteiger partial charge in [-0.05, 0) is 43.6 Å². The molecule has 2 unspecified atom stereocenters. The molecule has 3 rings (SSSR count). The number of carbonyl (C=O) groups excluding carboxylic acids is 1. The average Bonchev–Trinajstić information content (AvgIpc) is 2.88. The van der Waals surface area contributed by atoms with Gasteiger partial charge in [-0.15, -0.1) is 12.4 Å². The molecule has 1 aromatic carbocycles. The van der Waals surface area contributed by atoms with Gasteiger partial charge < -0.3 is 10.6 Å². The Kier molecular flexibility index (Phi) is 6.27. The fourth-order valence-electron chi connectivity index (χ4n) is 3.52. The summed E-state index contributed by atoms with van der Waals surface area (Å²) in [4.78, 5) is 14.9. The lowest BCUT2D eigenvalue weighted by Gasteiger charge is -2.34. The molecular formula is C18H27ClN2O. The van der Waals surface area contributed by atoms with Crippen LogP contribution in [0.1, 0.15) is 44.1 Å². The van der Waals surface area contributed by atoms with Crippen LogP contribution in [0.4, 0.5) is 0 Å². The molecule has 4 heteroatoms. The van der Waals surface area contributed by atoms with Crippen molar-refractivity contribution in [3.63, 3.8) is 0 Å². The van der Waals surface area contributed by atoms with Crippen LogP contribution in [-0.4, -0.2) is 23.4 Å². The number of halogens is 1. The molecule has 2 fully saturated rings. The first-order valence-electron chi connectivity index (χ1n) is 8.30. The van der Waals surface area contributed by atoms with Crippen molar-refractivity contribution < 1.29 is 4.79 Å². The first-order chi connectivity index (χ1) is 10.2. The van der Waals surface area contributed by atoms with Crippen molar-refractivity contribution >= 4 is 18.3 Å². The Labute approximate surface area is 139 Å². The number of nitrogens with two attached hydrogens (primary N) is 1. The fraction of sp³-hybridized carbons (Fsp3) is 0.611. The first-order valence-corrected chi connectivity index (χ1v) is 8.30. The minimum atomic E-state index is 0. The zero-order valence-corrected chi connectivity index (χ0v) is 13.9. The molecule has 2 aliphatic carbocycles. The highest BCUT2D eigenvalue weighted by Crippen LogP contribution is 2.31. The van der Waals surface area contributed by atoms with Crippen molar-refractivity contribution in [2.45, 2.75) is 51.1 Å². The summed E-state index contributed by atoms with van der Waals surface area (Å²) >= 11 is 0. The maximum absolute atomic E-state index is 12.8. The molecule has 0 saturated heterocycles. The molecule has 1 amide bonds. The largest absolute Gasteiger partial charge is 0.338 e. The highest BCUT2D eigenvalue weighted by atomic mass is 35.5. The second-order valence-electron chi connectivity index (χ2n) is 6.77. The Balaban J connectivity index is 0.00000176. The Morgan fingerprint density at radius 3 is 2.41 bits per heavy atom. The van der Waals surface area contributed by atoms with E-state index >= 15 is 0 Å². The van der Waals surface area contributed by atoms with Crippen molar-refractivity contribution in [1.29, 1.82) is 0 Å². The molecule has 0 radical (unpaired) electrons. The number of amides is 1. The van der Waals surface area contributed by atoms with E-state index in [0.717, 1.165) is 32.4 Å². The van der Waals surface area contributed by atoms with E-state index in [-0.39, 0.29) is 24.4 Å². The Morgan fingerprint density at radius 1 is 1.14 bits per heavy atom. The van der Waals surface area contributed by atoms with Crippen LogP contribution in [0.5, 0.6) is 0 Å². The summed E-state index contributed by atoms with van der Waals surface area (Å²) in [5.74, 6) is 1.20. The van der Waals surface area contributed by atoms with E-state index in [2.05, 4.69) is 17.0 Å². The Hall–Kier alpha value is -1.06. The topological polar surface area (TPSA) is 46.3 Å². The zero-order chi connectivity index (χ0) is 14.7. The van der Waals surface area contributed by atoms with Crippen LogP contribution in [0.15, 0.2) is 30.3 Å². The maximum atomic E-state index is 12.8. The molecule has 1 aromatic rings. The highest BCUT2D eigenvalue weighted by Gasteiger charge is 2.32. The predicted molar refractivity (Wildman–Crippen MR) is 91.8 cm³/mol. The minimum absolute atomic E-state index is 0. The van der Waals surface area contributed by atoms with Crippen LogP contribution in [-0.2, 0) is 11.3 Å². The molecule has 122 valence electrons. The maximum Gasteiger partial charge on any atom is 0.226 e. The van der Waals surface area contributed by atoms with Crippen LogP contribution in [0.25, 0.3) is 0 Å². The van der Waals surface area contributed by atoms with Crippen molar-refractivity contribution in [3.8, 4) is 0 Å². The van der Waals surface area contributed by atoms with Crippen molar-refractivity contribution in [1.82, 2.24) is 4.90 Å². The molecule has 2 aliphatic rings. The van der Waals surface area contributed by atoms with Gasteiger partial charge in [-0.3, -0.25) is 4.79 Å². The minimum Gasteiger partial charge on any atom is -0.338 e. The molecule has 2 atom stereocenters. The lowest BCUT2D eigenvalue weighted by molar-refractivity contribution is -0.137. The van der Waals surface area contributed by atoms with Gasteiger partial charge in [0.1, 0.15) is 0 Å². The molecule has 2 N–H and O–H groups in total. The number of nitrogens with zero attached hydrogens (tertiary/aromatic N) is 1. The molecule has 22 heavy (non-hydrogen) atoms. The van der Waals surface area contributed by atoms with E-state index in [1.807, 2.05) is 18.2 Å². The third kappa shape index (κ3) is 4.23. The normalized spacial score (nSPS) is 24.4. The van der Waals surface area contributed by atoms with Gasteiger partial charge in [-0.1, -0.05) is 36.8 Å². The van der Waals surface area contributed by atoms with Gasteiger partial charge in [0, 0.05) is 25.0 Å². The summed E-state index contributed by atoms with van der Waals surface area (Å²) in [6.45, 7) is 1.68. The van der Waals surface area contributed by atoms with E-state index in [0.29, 0.717) is 11.8 Å². The number of benzene rings is 1. The predicted octanol–water partition coefficient (Wildman–Crippen LogP) is 3.36. The number of carbonyl (C=O) groups is 1. The van der Waals surface area contributed by atoms with Gasteiger partial charge in [0.25, 0.3) is 0 Å². The number of rotatable bonds is 5. The van der Waals surface area contributed by atoms with Gasteiger partial charge in [0.05, 0.1) is 0 Å². The monoisotopic (exact) mass is 322 g/mol. The van der Waals surface area contributed by atoms with Crippen LogP contribution in [0.3, 0.4) is 0 Å². The van der Waals surface area contributed by atoms with Crippen molar-refractivity contribution in [3.05, 3.63) is 35.9 Å². The second kappa shape index (κ2) is 7.98. The lowest BCUT2D eigenvalue weighted by Crippen LogP contribution is -2.40. The third-order valence-electron chi connectivity index (χ3n) is 5.05. The summed E-state index contributed by atoms with van der Waals surface area (Å²) in [6.07, 6.45) is 6.72. The Bertz CT molecular complexity index is 475. The summed E-state index contributed by atoms with van der Waals surface area (Å²) in [7, 11) is 0. The standard InChI is InChI=1S/C18H26N2O.ClH/c19-17-10-9-16(11-17)18(21)20(13-15-7-4-8-15)12-14-5-2-1-3-6-14;/h1-3,5-6,15-17H,4,7-13,19H2;1H. The van der Waals surface area contributed by atoms with Gasteiger partial charge in [-0.25, -0.2) is 0 Å². The molecule has 0 bridgehead atoms. The molecular weight excluding hydrogens is 296 g/mol. The van der Waals surface area contributed by atoms with E-state index in [1.165, 1.54) is 24.8 Å². The lowest BCUT2D eigenvalue weighted by atomic mass is 9.84. The highest BCUT2D eigenvalue weighted by molar-refractivity contribution is 5.85. The van der Waals surface area contributed by atoms with Gasteiger partial charge >= 0.3 is 0 Å². The third-order valence-corrected chi connectivity index (χ3v) is 5.05. The van der Waals surface area contributed by atoms with Gasteiger partial charge in [-0.2, -0.15) is 0 Å². The van der Waals surface area contributed by atoms with Gasteiger partial charge in [0.2, 0.25) is 5.91 Å². The van der Waals surface area contributed by atoms with E-state index in [4.69, 9.17) is 5.73 Å². The molecule has 2 saturated carbocycles. The summed E-state index contributed by atoms with van der Waals surface area (Å²) in [5.41, 5.74) is 7.21. The van der Waals surface area contributed by atoms with E-state index in [1.54, 1.807) is 0 Å². The van der Waals surface area contributed by atoms with E-state index < -0.39 is 0 Å². The summed E-state index contributed by atoms with van der Waals surface area (Å²) < 4.78 is 0. The molecule has 0 heterocycles. The molecule has 0 aromatic heterocycles. The molecule has 0 aliphatic heterocycles. The second-order valence-corrected chi connectivity index (χ2v) is 6.77. The number of hydrogen-bond acceptors (Lipinski definition) is 2. The van der Waals surface area contributed by atoms with Crippen LogP contribution < -0.4 is 5.73 Å². The van der Waals surface area contributed by atoms with Crippen LogP contribution in [0, 0.1) is 11.8 Å². The molecule has 0 spiro atoms. The number of hydrogen-bond donors (Lipinski definition) is 1. The average molecular weight is 323 g/mol. The quantitative estimate of drug-likeness (QED) is 0.903. The smallest absolute Gasteiger partial charge is 0.226 e. The molecule has 3 nitrogen and oxygen atoms in total. The fourth-order valence-corrected chi connectivity index (χ4v) is 3.52. The van der Waals surface area contributed by atoms with Crippen LogP contribution >= 0.6 is 12.4 Å².